The third kappa shape index (κ3) is 4.98. The summed E-state index contributed by atoms with van der Waals surface area (Å²) in [7, 11) is 0. The van der Waals surface area contributed by atoms with E-state index in [9.17, 15) is 9.59 Å². The normalized spacial score (nSPS) is 21.6. The van der Waals surface area contributed by atoms with Crippen molar-refractivity contribution in [1.29, 1.82) is 0 Å². The fraction of sp³-hybridized carbons (Fsp3) is 0.619. The van der Waals surface area contributed by atoms with E-state index in [0.29, 0.717) is 18.3 Å². The van der Waals surface area contributed by atoms with Crippen molar-refractivity contribution >= 4 is 30.3 Å². The van der Waals surface area contributed by atoms with Gasteiger partial charge in [0.05, 0.1) is 0 Å². The number of hydrogen-bond donors (Lipinski definition) is 1. The van der Waals surface area contributed by atoms with Crippen LogP contribution in [0.15, 0.2) is 24.3 Å². The number of amides is 2. The molecule has 27 heavy (non-hydrogen) atoms. The van der Waals surface area contributed by atoms with Gasteiger partial charge in [0.1, 0.15) is 5.60 Å². The van der Waals surface area contributed by atoms with Crippen LogP contribution in [0.1, 0.15) is 51.5 Å². The molecule has 3 rings (SSSR count). The smallest absolute Gasteiger partial charge is 0.410 e. The molecule has 1 aromatic carbocycles. The number of nitrogens with zero attached hydrogens (tertiary/aromatic N) is 2. The van der Waals surface area contributed by atoms with Crippen molar-refractivity contribution in [2.45, 2.75) is 51.6 Å². The number of likely N-dealkylation sites (tertiary alicyclic amines) is 1. The summed E-state index contributed by atoms with van der Waals surface area (Å²) in [6.07, 6.45) is 2.24. The molecule has 0 saturated carbocycles. The summed E-state index contributed by atoms with van der Waals surface area (Å²) in [5.74, 6) is 1.72. The molecule has 0 aromatic heterocycles. The first-order valence-corrected chi connectivity index (χ1v) is 10.4. The Bertz CT molecular complexity index is 676. The van der Waals surface area contributed by atoms with Crippen molar-refractivity contribution in [2.75, 3.05) is 30.3 Å². The second-order valence-electron chi connectivity index (χ2n) is 8.59. The first-order valence-electron chi connectivity index (χ1n) is 9.76. The molecule has 0 spiro atoms. The molecule has 6 heteroatoms. The number of carbonyl (C=O) groups excluding carboxylic acids is 2. The van der Waals surface area contributed by atoms with E-state index in [4.69, 9.17) is 4.74 Å². The van der Waals surface area contributed by atoms with Gasteiger partial charge in [0.2, 0.25) is 5.91 Å². The van der Waals surface area contributed by atoms with E-state index in [1.54, 1.807) is 4.90 Å². The zero-order valence-electron chi connectivity index (χ0n) is 16.5. The Labute approximate surface area is 167 Å². The first-order chi connectivity index (χ1) is 12.8. The van der Waals surface area contributed by atoms with Gasteiger partial charge in [-0.05, 0) is 68.9 Å². The van der Waals surface area contributed by atoms with Gasteiger partial charge in [0, 0.05) is 31.7 Å². The minimum absolute atomic E-state index is 0.187. The summed E-state index contributed by atoms with van der Waals surface area (Å²) in [4.78, 5) is 28.0. The largest absolute Gasteiger partial charge is 0.444 e. The molecule has 2 heterocycles. The third-order valence-electron chi connectivity index (χ3n) is 5.29. The quantitative estimate of drug-likeness (QED) is 0.791. The lowest BCUT2D eigenvalue weighted by Gasteiger charge is -2.33. The molecule has 0 bridgehead atoms. The van der Waals surface area contributed by atoms with Crippen LogP contribution < -0.4 is 4.90 Å². The molecule has 1 aromatic rings. The van der Waals surface area contributed by atoms with Gasteiger partial charge >= 0.3 is 6.09 Å². The van der Waals surface area contributed by atoms with E-state index in [1.165, 1.54) is 5.56 Å². The highest BCUT2D eigenvalue weighted by molar-refractivity contribution is 7.80. The average Bonchev–Trinajstić information content (AvgIpc) is 3.01. The zero-order chi connectivity index (χ0) is 19.6. The average molecular weight is 391 g/mol. The van der Waals surface area contributed by atoms with Crippen molar-refractivity contribution in [2.24, 2.45) is 5.92 Å². The summed E-state index contributed by atoms with van der Waals surface area (Å²) >= 11 is 4.32. The summed E-state index contributed by atoms with van der Waals surface area (Å²) in [5, 5.41) is 0. The van der Waals surface area contributed by atoms with E-state index in [0.717, 1.165) is 43.9 Å². The number of carbonyl (C=O) groups is 2. The van der Waals surface area contributed by atoms with E-state index < -0.39 is 5.60 Å². The lowest BCUT2D eigenvalue weighted by Crippen LogP contribution is -2.41. The van der Waals surface area contributed by atoms with E-state index in [1.807, 2.05) is 37.8 Å². The molecule has 2 saturated heterocycles. The van der Waals surface area contributed by atoms with Crippen molar-refractivity contribution in [3.63, 3.8) is 0 Å². The molecule has 148 valence electrons. The van der Waals surface area contributed by atoms with Crippen LogP contribution in [0, 0.1) is 5.92 Å². The Hall–Kier alpha value is -1.69. The van der Waals surface area contributed by atoms with Crippen molar-refractivity contribution < 1.29 is 14.3 Å². The van der Waals surface area contributed by atoms with Crippen LogP contribution in [0.25, 0.3) is 0 Å². The van der Waals surface area contributed by atoms with E-state index in [2.05, 4.69) is 24.8 Å². The SMILES string of the molecule is CC(C)(C)OC(=O)N1CCC(c2ccc(N3CC(CS)CC3=O)cc2)CC1. The summed E-state index contributed by atoms with van der Waals surface area (Å²) < 4.78 is 5.46. The number of thiol groups is 1. The van der Waals surface area contributed by atoms with Crippen LogP contribution >= 0.6 is 12.6 Å². The van der Waals surface area contributed by atoms with Gasteiger partial charge in [0.25, 0.3) is 0 Å². The highest BCUT2D eigenvalue weighted by Gasteiger charge is 2.30. The Kier molecular flexibility index (Phi) is 6.04. The number of piperidine rings is 1. The molecule has 0 aliphatic carbocycles. The molecular weight excluding hydrogens is 360 g/mol. The fourth-order valence-electron chi connectivity index (χ4n) is 3.80. The molecule has 2 fully saturated rings. The van der Waals surface area contributed by atoms with Crippen molar-refractivity contribution in [3.8, 4) is 0 Å². The number of ether oxygens (including phenoxy) is 1. The molecule has 2 amide bonds. The minimum Gasteiger partial charge on any atom is -0.444 e. The minimum atomic E-state index is -0.456. The first kappa shape index (κ1) is 20.1. The number of benzene rings is 1. The molecule has 1 unspecified atom stereocenters. The molecule has 2 aliphatic heterocycles. The van der Waals surface area contributed by atoms with Crippen LogP contribution in [-0.4, -0.2) is 47.9 Å². The second-order valence-corrected chi connectivity index (χ2v) is 8.96. The monoisotopic (exact) mass is 390 g/mol. The van der Waals surface area contributed by atoms with Crippen LogP contribution in [0.3, 0.4) is 0 Å². The zero-order valence-corrected chi connectivity index (χ0v) is 17.4. The lowest BCUT2D eigenvalue weighted by atomic mass is 9.89. The van der Waals surface area contributed by atoms with Gasteiger partial charge in [-0.1, -0.05) is 12.1 Å². The predicted octanol–water partition coefficient (Wildman–Crippen LogP) is 4.08. The van der Waals surface area contributed by atoms with Gasteiger partial charge in [-0.3, -0.25) is 4.79 Å². The fourth-order valence-corrected chi connectivity index (χ4v) is 4.05. The maximum absolute atomic E-state index is 12.2. The van der Waals surface area contributed by atoms with Crippen LogP contribution in [-0.2, 0) is 9.53 Å². The van der Waals surface area contributed by atoms with Gasteiger partial charge in [-0.15, -0.1) is 0 Å². The lowest BCUT2D eigenvalue weighted by molar-refractivity contribution is -0.117. The van der Waals surface area contributed by atoms with Crippen molar-refractivity contribution in [1.82, 2.24) is 4.90 Å². The van der Waals surface area contributed by atoms with Crippen molar-refractivity contribution in [3.05, 3.63) is 29.8 Å². The predicted molar refractivity (Wildman–Crippen MR) is 111 cm³/mol. The second kappa shape index (κ2) is 8.13. The Balaban J connectivity index is 1.56. The van der Waals surface area contributed by atoms with Crippen LogP contribution in [0.5, 0.6) is 0 Å². The summed E-state index contributed by atoms with van der Waals surface area (Å²) in [5.41, 5.74) is 1.79. The summed E-state index contributed by atoms with van der Waals surface area (Å²) in [6.45, 7) is 7.87. The topological polar surface area (TPSA) is 49.9 Å². The van der Waals surface area contributed by atoms with E-state index in [-0.39, 0.29) is 12.0 Å². The van der Waals surface area contributed by atoms with Gasteiger partial charge in [-0.25, -0.2) is 4.79 Å². The molecule has 0 radical (unpaired) electrons. The van der Waals surface area contributed by atoms with Crippen LogP contribution in [0.2, 0.25) is 0 Å². The Morgan fingerprint density at radius 1 is 1.19 bits per heavy atom. The molecule has 5 nitrogen and oxygen atoms in total. The Morgan fingerprint density at radius 2 is 1.81 bits per heavy atom. The number of hydrogen-bond acceptors (Lipinski definition) is 4. The van der Waals surface area contributed by atoms with Gasteiger partial charge in [-0.2, -0.15) is 12.6 Å². The van der Waals surface area contributed by atoms with Gasteiger partial charge < -0.3 is 14.5 Å². The number of anilines is 1. The maximum Gasteiger partial charge on any atom is 0.410 e. The standard InChI is InChI=1S/C21H30N2O3S/c1-21(2,3)26-20(25)22-10-8-17(9-11-22)16-4-6-18(7-5-16)23-13-15(14-27)12-19(23)24/h4-7,15,17,27H,8-14H2,1-3H3. The van der Waals surface area contributed by atoms with Crippen LogP contribution in [0.4, 0.5) is 10.5 Å². The molecule has 2 aliphatic rings. The Morgan fingerprint density at radius 3 is 2.33 bits per heavy atom. The van der Waals surface area contributed by atoms with E-state index >= 15 is 0 Å². The maximum atomic E-state index is 12.2. The molecular formula is C21H30N2O3S. The highest BCUT2D eigenvalue weighted by Crippen LogP contribution is 2.31. The molecule has 1 atom stereocenters. The molecule has 0 N–H and O–H groups in total. The number of rotatable bonds is 3. The third-order valence-corrected chi connectivity index (χ3v) is 5.80. The highest BCUT2D eigenvalue weighted by atomic mass is 32.1. The summed E-state index contributed by atoms with van der Waals surface area (Å²) in [6, 6.07) is 8.36. The van der Waals surface area contributed by atoms with Gasteiger partial charge in [0.15, 0.2) is 0 Å².